The third-order valence-electron chi connectivity index (χ3n) is 3.30. The van der Waals surface area contributed by atoms with Crippen LogP contribution in [-0.2, 0) is 17.1 Å². The molecule has 0 N–H and O–H groups in total. The Hall–Kier alpha value is -1.73. The number of alkyl halides is 6. The summed E-state index contributed by atoms with van der Waals surface area (Å²) in [6.45, 7) is 1.98. The van der Waals surface area contributed by atoms with Crippen molar-refractivity contribution in [3.8, 4) is 0 Å². The van der Waals surface area contributed by atoms with Gasteiger partial charge in [-0.3, -0.25) is 0 Å². The largest absolute Gasteiger partial charge is 0.462 e. The van der Waals surface area contributed by atoms with Gasteiger partial charge in [-0.05, 0) is 24.6 Å². The van der Waals surface area contributed by atoms with Gasteiger partial charge in [0.05, 0.1) is 23.3 Å². The van der Waals surface area contributed by atoms with Crippen LogP contribution >= 0.6 is 0 Å². The molecular formula is C16H18F6O2. The van der Waals surface area contributed by atoms with Crippen molar-refractivity contribution in [2.45, 2.75) is 51.4 Å². The predicted molar refractivity (Wildman–Crippen MR) is 75.5 cm³/mol. The van der Waals surface area contributed by atoms with Crippen LogP contribution in [0.3, 0.4) is 0 Å². The van der Waals surface area contributed by atoms with E-state index in [2.05, 4.69) is 0 Å². The number of hydrogen-bond acceptors (Lipinski definition) is 2. The molecule has 0 saturated heterocycles. The lowest BCUT2D eigenvalue weighted by Crippen LogP contribution is -2.15. The molecule has 0 bridgehead atoms. The summed E-state index contributed by atoms with van der Waals surface area (Å²) in [7, 11) is 0. The zero-order valence-corrected chi connectivity index (χ0v) is 13.1. The highest BCUT2D eigenvalue weighted by molar-refractivity contribution is 5.90. The number of ether oxygens (including phenoxy) is 1. The molecule has 0 unspecified atom stereocenters. The topological polar surface area (TPSA) is 26.3 Å². The minimum Gasteiger partial charge on any atom is -0.462 e. The Kier molecular flexibility index (Phi) is 7.10. The van der Waals surface area contributed by atoms with E-state index >= 15 is 0 Å². The van der Waals surface area contributed by atoms with Crippen LogP contribution in [0.5, 0.6) is 0 Å². The number of hydrogen-bond donors (Lipinski definition) is 0. The van der Waals surface area contributed by atoms with Crippen molar-refractivity contribution in [1.82, 2.24) is 0 Å². The first kappa shape index (κ1) is 20.3. The Morgan fingerprint density at radius 2 is 1.38 bits per heavy atom. The lowest BCUT2D eigenvalue weighted by molar-refractivity contribution is -0.143. The van der Waals surface area contributed by atoms with E-state index in [1.54, 1.807) is 0 Å². The molecule has 0 radical (unpaired) electrons. The maximum Gasteiger partial charge on any atom is 0.416 e. The van der Waals surface area contributed by atoms with E-state index in [0.29, 0.717) is 18.6 Å². The highest BCUT2D eigenvalue weighted by Crippen LogP contribution is 2.36. The van der Waals surface area contributed by atoms with E-state index < -0.39 is 35.0 Å². The van der Waals surface area contributed by atoms with Crippen molar-refractivity contribution in [2.24, 2.45) is 0 Å². The van der Waals surface area contributed by atoms with Crippen LogP contribution in [0.2, 0.25) is 0 Å². The monoisotopic (exact) mass is 356 g/mol. The smallest absolute Gasteiger partial charge is 0.416 e. The molecule has 136 valence electrons. The Balaban J connectivity index is 2.84. The summed E-state index contributed by atoms with van der Waals surface area (Å²) in [5.41, 5.74) is -3.83. The second-order valence-electron chi connectivity index (χ2n) is 5.34. The summed E-state index contributed by atoms with van der Waals surface area (Å²) in [4.78, 5) is 11.7. The molecule has 0 aliphatic carbocycles. The van der Waals surface area contributed by atoms with Gasteiger partial charge in [-0.1, -0.05) is 32.6 Å². The quantitative estimate of drug-likeness (QED) is 0.348. The van der Waals surface area contributed by atoms with Crippen molar-refractivity contribution in [3.05, 3.63) is 34.9 Å². The maximum atomic E-state index is 12.7. The van der Waals surface area contributed by atoms with Gasteiger partial charge in [-0.2, -0.15) is 26.3 Å². The molecule has 0 aromatic heterocycles. The van der Waals surface area contributed by atoms with Crippen LogP contribution in [0.25, 0.3) is 0 Å². The number of carbonyl (C=O) groups excluding carboxylic acids is 1. The summed E-state index contributed by atoms with van der Waals surface area (Å²) in [5.74, 6) is -1.19. The first-order valence-electron chi connectivity index (χ1n) is 7.52. The molecule has 8 heteroatoms. The summed E-state index contributed by atoms with van der Waals surface area (Å²) >= 11 is 0. The molecule has 2 nitrogen and oxygen atoms in total. The van der Waals surface area contributed by atoms with Crippen LogP contribution < -0.4 is 0 Å². The molecule has 0 amide bonds. The SMILES string of the molecule is CCCCCCCOC(=O)c1cc(C(F)(F)F)cc(C(F)(F)F)c1. The van der Waals surface area contributed by atoms with E-state index in [0.717, 1.165) is 25.7 Å². The lowest BCUT2D eigenvalue weighted by Gasteiger charge is -2.14. The molecule has 1 aromatic rings. The van der Waals surface area contributed by atoms with Gasteiger partial charge in [0.15, 0.2) is 0 Å². The first-order chi connectivity index (χ1) is 11.1. The summed E-state index contributed by atoms with van der Waals surface area (Å²) in [6.07, 6.45) is -5.74. The van der Waals surface area contributed by atoms with Crippen LogP contribution in [0.4, 0.5) is 26.3 Å². The third-order valence-corrected chi connectivity index (χ3v) is 3.30. The van der Waals surface area contributed by atoms with Gasteiger partial charge in [-0.25, -0.2) is 4.79 Å². The lowest BCUT2D eigenvalue weighted by atomic mass is 10.0. The molecule has 1 rings (SSSR count). The number of benzene rings is 1. The fourth-order valence-corrected chi connectivity index (χ4v) is 2.03. The van der Waals surface area contributed by atoms with Gasteiger partial charge in [0.2, 0.25) is 0 Å². The zero-order valence-electron chi connectivity index (χ0n) is 13.1. The summed E-state index contributed by atoms with van der Waals surface area (Å²) in [6, 6.07) is 0.713. The Labute approximate surface area is 135 Å². The molecule has 0 saturated carbocycles. The Bertz CT molecular complexity index is 516. The predicted octanol–water partition coefficient (Wildman–Crippen LogP) is 5.85. The molecule has 0 aliphatic rings. The average molecular weight is 356 g/mol. The number of esters is 1. The second-order valence-corrected chi connectivity index (χ2v) is 5.34. The number of carbonyl (C=O) groups is 1. The van der Waals surface area contributed by atoms with Crippen molar-refractivity contribution in [2.75, 3.05) is 6.61 Å². The van der Waals surface area contributed by atoms with Crippen LogP contribution in [0.1, 0.15) is 60.5 Å². The second kappa shape index (κ2) is 8.39. The Morgan fingerprint density at radius 3 is 1.83 bits per heavy atom. The Morgan fingerprint density at radius 1 is 0.875 bits per heavy atom. The molecular weight excluding hydrogens is 338 g/mol. The van der Waals surface area contributed by atoms with Crippen LogP contribution in [0, 0.1) is 0 Å². The molecule has 1 aromatic carbocycles. The van der Waals surface area contributed by atoms with Gasteiger partial charge in [0.1, 0.15) is 0 Å². The number of rotatable bonds is 7. The van der Waals surface area contributed by atoms with Crippen molar-refractivity contribution in [1.29, 1.82) is 0 Å². The number of unbranched alkanes of at least 4 members (excludes halogenated alkanes) is 4. The van der Waals surface area contributed by atoms with Gasteiger partial charge in [-0.15, -0.1) is 0 Å². The average Bonchev–Trinajstić information content (AvgIpc) is 2.48. The van der Waals surface area contributed by atoms with E-state index in [-0.39, 0.29) is 12.7 Å². The van der Waals surface area contributed by atoms with Crippen LogP contribution in [-0.4, -0.2) is 12.6 Å². The molecule has 24 heavy (non-hydrogen) atoms. The molecule has 0 fully saturated rings. The summed E-state index contributed by atoms with van der Waals surface area (Å²) in [5, 5.41) is 0. The minimum absolute atomic E-state index is 0.0263. The summed E-state index contributed by atoms with van der Waals surface area (Å²) < 4.78 is 81.0. The van der Waals surface area contributed by atoms with Gasteiger partial charge in [0.25, 0.3) is 0 Å². The normalized spacial score (nSPS) is 12.3. The highest BCUT2D eigenvalue weighted by atomic mass is 19.4. The molecule has 0 heterocycles. The van der Waals surface area contributed by atoms with E-state index in [1.807, 2.05) is 6.92 Å². The minimum atomic E-state index is -4.99. The number of halogens is 6. The van der Waals surface area contributed by atoms with E-state index in [1.165, 1.54) is 0 Å². The molecule has 0 spiro atoms. The van der Waals surface area contributed by atoms with E-state index in [4.69, 9.17) is 4.74 Å². The first-order valence-corrected chi connectivity index (χ1v) is 7.52. The van der Waals surface area contributed by atoms with Gasteiger partial charge < -0.3 is 4.74 Å². The third kappa shape index (κ3) is 6.41. The van der Waals surface area contributed by atoms with Crippen molar-refractivity contribution in [3.63, 3.8) is 0 Å². The van der Waals surface area contributed by atoms with Crippen molar-refractivity contribution >= 4 is 5.97 Å². The molecule has 0 atom stereocenters. The standard InChI is InChI=1S/C16H18F6O2/c1-2-3-4-5-6-7-24-14(23)11-8-12(15(17,18)19)10-13(9-11)16(20,21)22/h8-10H,2-7H2,1H3. The fraction of sp³-hybridized carbons (Fsp3) is 0.562. The zero-order chi connectivity index (χ0) is 18.4. The fourth-order valence-electron chi connectivity index (χ4n) is 2.03. The van der Waals surface area contributed by atoms with Crippen LogP contribution in [0.15, 0.2) is 18.2 Å². The van der Waals surface area contributed by atoms with E-state index in [9.17, 15) is 31.1 Å². The van der Waals surface area contributed by atoms with Gasteiger partial charge >= 0.3 is 18.3 Å². The molecule has 0 aliphatic heterocycles. The van der Waals surface area contributed by atoms with Gasteiger partial charge in [0, 0.05) is 0 Å². The van der Waals surface area contributed by atoms with Crippen molar-refractivity contribution < 1.29 is 35.9 Å². The highest BCUT2D eigenvalue weighted by Gasteiger charge is 2.37. The maximum absolute atomic E-state index is 12.7.